The Labute approximate surface area is 215 Å². The third kappa shape index (κ3) is 5.02. The standard InChI is InChI=1S/C26H29Cl2N5O2/c1-26(2,3)35-25(34)33-13-17-11-18(27)12-30-23(17)21-20(14-33)31-32-24(21)16-8-6-15(7-9-16)22-19(28)5-4-10-29-22/h4-5,10-12,15-16H,6-9,13-14H2,1-3H3,(H,31,32). The second kappa shape index (κ2) is 9.43. The Balaban J connectivity index is 1.44. The fourth-order valence-electron chi connectivity index (χ4n) is 5.14. The van der Waals surface area contributed by atoms with Crippen LogP contribution in [0.4, 0.5) is 4.79 Å². The molecule has 3 aromatic rings. The minimum Gasteiger partial charge on any atom is -0.444 e. The average molecular weight is 514 g/mol. The summed E-state index contributed by atoms with van der Waals surface area (Å²) >= 11 is 12.7. The van der Waals surface area contributed by atoms with Crippen LogP contribution < -0.4 is 0 Å². The zero-order chi connectivity index (χ0) is 24.7. The number of ether oxygens (including phenoxy) is 1. The number of hydrogen-bond acceptors (Lipinski definition) is 5. The minimum absolute atomic E-state index is 0.284. The van der Waals surface area contributed by atoms with Crippen LogP contribution in [-0.4, -0.2) is 36.8 Å². The molecule has 0 atom stereocenters. The van der Waals surface area contributed by atoms with E-state index in [9.17, 15) is 4.79 Å². The van der Waals surface area contributed by atoms with Crippen LogP contribution in [0.3, 0.4) is 0 Å². The number of H-pyrrole nitrogens is 1. The first-order chi connectivity index (χ1) is 16.7. The zero-order valence-electron chi connectivity index (χ0n) is 20.1. The molecule has 35 heavy (non-hydrogen) atoms. The summed E-state index contributed by atoms with van der Waals surface area (Å²) in [5, 5.41) is 9.24. The number of nitrogens with zero attached hydrogens (tertiary/aromatic N) is 4. The average Bonchev–Trinajstić information content (AvgIpc) is 3.14. The molecule has 0 unspecified atom stereocenters. The molecule has 9 heteroatoms. The SMILES string of the molecule is CC(C)(C)OC(=O)N1Cc2cc(Cl)cnc2-c2c(C3CCC(c4ncccc4Cl)CC3)n[nH]c2C1. The van der Waals surface area contributed by atoms with Crippen LogP contribution >= 0.6 is 23.2 Å². The normalized spacial score (nSPS) is 20.1. The van der Waals surface area contributed by atoms with E-state index in [1.807, 2.05) is 45.2 Å². The molecule has 4 heterocycles. The van der Waals surface area contributed by atoms with Crippen LogP contribution in [0.2, 0.25) is 10.0 Å². The van der Waals surface area contributed by atoms with Gasteiger partial charge in [0.05, 0.1) is 45.9 Å². The van der Waals surface area contributed by atoms with Crippen molar-refractivity contribution < 1.29 is 9.53 Å². The Morgan fingerprint density at radius 2 is 1.80 bits per heavy atom. The lowest BCUT2D eigenvalue weighted by molar-refractivity contribution is 0.0216. The third-order valence-corrected chi connectivity index (χ3v) is 7.21. The highest BCUT2D eigenvalue weighted by atomic mass is 35.5. The maximum absolute atomic E-state index is 13.0. The molecule has 1 aliphatic carbocycles. The van der Waals surface area contributed by atoms with E-state index in [2.05, 4.69) is 10.1 Å². The second-order valence-electron chi connectivity index (χ2n) is 10.4. The van der Waals surface area contributed by atoms with Crippen molar-refractivity contribution in [3.05, 3.63) is 63.3 Å². The molecular formula is C26H29Cl2N5O2. The number of hydrogen-bond donors (Lipinski definition) is 1. The van der Waals surface area contributed by atoms with Crippen LogP contribution in [-0.2, 0) is 17.8 Å². The molecule has 2 aliphatic rings. The Morgan fingerprint density at radius 1 is 1.09 bits per heavy atom. The molecule has 0 spiro atoms. The first-order valence-electron chi connectivity index (χ1n) is 12.0. The van der Waals surface area contributed by atoms with Crippen molar-refractivity contribution in [3.8, 4) is 11.3 Å². The summed E-state index contributed by atoms with van der Waals surface area (Å²) in [6, 6.07) is 5.66. The van der Waals surface area contributed by atoms with Crippen molar-refractivity contribution in [2.45, 2.75) is 77.0 Å². The molecule has 3 aromatic heterocycles. The summed E-state index contributed by atoms with van der Waals surface area (Å²) in [6.07, 6.45) is 7.04. The first-order valence-corrected chi connectivity index (χ1v) is 12.8. The number of pyridine rings is 2. The number of aromatic amines is 1. The molecule has 1 fully saturated rings. The first kappa shape index (κ1) is 24.1. The molecule has 1 saturated carbocycles. The van der Waals surface area contributed by atoms with Crippen LogP contribution in [0.1, 0.15) is 80.9 Å². The second-order valence-corrected chi connectivity index (χ2v) is 11.2. The Bertz CT molecular complexity index is 1240. The molecule has 1 aliphatic heterocycles. The highest BCUT2D eigenvalue weighted by molar-refractivity contribution is 6.31. The summed E-state index contributed by atoms with van der Waals surface area (Å²) in [5.41, 5.74) is 4.98. The molecule has 0 saturated heterocycles. The lowest BCUT2D eigenvalue weighted by Gasteiger charge is -2.28. The quantitative estimate of drug-likeness (QED) is 0.404. The largest absolute Gasteiger partial charge is 0.444 e. The Hall–Kier alpha value is -2.64. The Kier molecular flexibility index (Phi) is 6.49. The summed E-state index contributed by atoms with van der Waals surface area (Å²) in [5.74, 6) is 0.636. The number of carbonyl (C=O) groups is 1. The van der Waals surface area contributed by atoms with E-state index in [-0.39, 0.29) is 12.0 Å². The van der Waals surface area contributed by atoms with Crippen molar-refractivity contribution in [3.63, 3.8) is 0 Å². The fourth-order valence-corrected chi connectivity index (χ4v) is 5.60. The molecular weight excluding hydrogens is 485 g/mol. The van der Waals surface area contributed by atoms with Crippen molar-refractivity contribution in [1.29, 1.82) is 0 Å². The lowest BCUT2D eigenvalue weighted by Crippen LogP contribution is -2.35. The number of amides is 1. The maximum Gasteiger partial charge on any atom is 0.410 e. The van der Waals surface area contributed by atoms with E-state index in [1.54, 1.807) is 11.1 Å². The summed E-state index contributed by atoms with van der Waals surface area (Å²) in [4.78, 5) is 23.9. The van der Waals surface area contributed by atoms with Crippen LogP contribution in [0.25, 0.3) is 11.3 Å². The van der Waals surface area contributed by atoms with Crippen molar-refractivity contribution in [2.75, 3.05) is 0 Å². The zero-order valence-corrected chi connectivity index (χ0v) is 21.7. The topological polar surface area (TPSA) is 84.0 Å². The van der Waals surface area contributed by atoms with Gasteiger partial charge in [-0.3, -0.25) is 20.0 Å². The van der Waals surface area contributed by atoms with E-state index in [4.69, 9.17) is 38.0 Å². The number of rotatable bonds is 2. The molecule has 7 nitrogen and oxygen atoms in total. The predicted octanol–water partition coefficient (Wildman–Crippen LogP) is 6.87. The van der Waals surface area contributed by atoms with Crippen LogP contribution in [0, 0.1) is 0 Å². The fraction of sp³-hybridized carbons (Fsp3) is 0.462. The van der Waals surface area contributed by atoms with Gasteiger partial charge in [0.25, 0.3) is 0 Å². The van der Waals surface area contributed by atoms with Gasteiger partial charge >= 0.3 is 6.09 Å². The highest BCUT2D eigenvalue weighted by Gasteiger charge is 2.34. The van der Waals surface area contributed by atoms with E-state index >= 15 is 0 Å². The van der Waals surface area contributed by atoms with Gasteiger partial charge in [-0.15, -0.1) is 0 Å². The monoisotopic (exact) mass is 513 g/mol. The van der Waals surface area contributed by atoms with Gasteiger partial charge in [-0.2, -0.15) is 5.10 Å². The molecule has 0 radical (unpaired) electrons. The van der Waals surface area contributed by atoms with E-state index in [0.29, 0.717) is 24.0 Å². The van der Waals surface area contributed by atoms with Gasteiger partial charge in [0.15, 0.2) is 0 Å². The van der Waals surface area contributed by atoms with Gasteiger partial charge in [-0.05, 0) is 70.2 Å². The highest BCUT2D eigenvalue weighted by Crippen LogP contribution is 2.45. The van der Waals surface area contributed by atoms with Gasteiger partial charge in [0, 0.05) is 29.8 Å². The summed E-state index contributed by atoms with van der Waals surface area (Å²) in [6.45, 7) is 6.32. The number of carbonyl (C=O) groups excluding carboxylic acids is 1. The van der Waals surface area contributed by atoms with Gasteiger partial charge < -0.3 is 4.74 Å². The maximum atomic E-state index is 13.0. The van der Waals surface area contributed by atoms with E-state index < -0.39 is 5.60 Å². The number of fused-ring (bicyclic) bond motifs is 3. The molecule has 1 N–H and O–H groups in total. The molecule has 1 amide bonds. The molecule has 184 valence electrons. The lowest BCUT2D eigenvalue weighted by atomic mass is 9.77. The minimum atomic E-state index is -0.587. The van der Waals surface area contributed by atoms with Crippen molar-refractivity contribution in [2.24, 2.45) is 0 Å². The number of nitrogens with one attached hydrogen (secondary N) is 1. The van der Waals surface area contributed by atoms with Crippen LogP contribution in [0.5, 0.6) is 0 Å². The molecule has 0 aromatic carbocycles. The number of aromatic nitrogens is 4. The van der Waals surface area contributed by atoms with Crippen molar-refractivity contribution >= 4 is 29.3 Å². The van der Waals surface area contributed by atoms with Gasteiger partial charge in [0.1, 0.15) is 5.60 Å². The predicted molar refractivity (Wildman–Crippen MR) is 136 cm³/mol. The number of halogens is 2. The smallest absolute Gasteiger partial charge is 0.410 e. The summed E-state index contributed by atoms with van der Waals surface area (Å²) < 4.78 is 5.66. The van der Waals surface area contributed by atoms with Gasteiger partial charge in [-0.1, -0.05) is 23.2 Å². The van der Waals surface area contributed by atoms with E-state index in [1.165, 1.54) is 0 Å². The van der Waals surface area contributed by atoms with Gasteiger partial charge in [-0.25, -0.2) is 4.79 Å². The van der Waals surface area contributed by atoms with E-state index in [0.717, 1.165) is 64.6 Å². The third-order valence-electron chi connectivity index (χ3n) is 6.69. The Morgan fingerprint density at radius 3 is 2.49 bits per heavy atom. The van der Waals surface area contributed by atoms with Crippen molar-refractivity contribution in [1.82, 2.24) is 25.1 Å². The molecule has 0 bridgehead atoms. The summed E-state index contributed by atoms with van der Waals surface area (Å²) in [7, 11) is 0. The van der Waals surface area contributed by atoms with Crippen LogP contribution in [0.15, 0.2) is 30.6 Å². The molecule has 5 rings (SSSR count). The van der Waals surface area contributed by atoms with Gasteiger partial charge in [0.2, 0.25) is 0 Å².